The van der Waals surface area contributed by atoms with Crippen LogP contribution in [0, 0.1) is 0 Å². The van der Waals surface area contributed by atoms with Crippen LogP contribution >= 0.6 is 11.3 Å². The lowest BCUT2D eigenvalue weighted by Crippen LogP contribution is -2.26. The Labute approximate surface area is 120 Å². The van der Waals surface area contributed by atoms with Crippen LogP contribution in [0.2, 0.25) is 0 Å². The summed E-state index contributed by atoms with van der Waals surface area (Å²) in [6.07, 6.45) is 5.59. The van der Waals surface area contributed by atoms with E-state index in [1.165, 1.54) is 23.9 Å². The van der Waals surface area contributed by atoms with Gasteiger partial charge in [-0.15, -0.1) is 11.3 Å². The predicted molar refractivity (Wildman–Crippen MR) is 78.1 cm³/mol. The molecule has 0 bridgehead atoms. The summed E-state index contributed by atoms with van der Waals surface area (Å²) in [5, 5.41) is 13.6. The number of hydrogen-bond acceptors (Lipinski definition) is 6. The van der Waals surface area contributed by atoms with Gasteiger partial charge in [0, 0.05) is 10.9 Å². The number of aromatic nitrogens is 2. The standard InChI is InChI=1S/C13H15N5OS/c14-13(17-19)11-6-16-12(7-15-11)18(9-3-4-9)8-10-2-1-5-20-10/h1-2,5-7,9,19H,3-4,8H2,(H2,14,17). The first-order chi connectivity index (χ1) is 9.78. The third-order valence-corrected chi connectivity index (χ3v) is 4.06. The molecule has 1 fully saturated rings. The summed E-state index contributed by atoms with van der Waals surface area (Å²) in [7, 11) is 0. The molecule has 0 aliphatic heterocycles. The minimum atomic E-state index is -0.0275. The Kier molecular flexibility index (Phi) is 3.51. The summed E-state index contributed by atoms with van der Waals surface area (Å²) in [4.78, 5) is 12.1. The first-order valence-corrected chi connectivity index (χ1v) is 7.25. The number of rotatable bonds is 5. The van der Waals surface area contributed by atoms with E-state index in [9.17, 15) is 0 Å². The topological polar surface area (TPSA) is 87.6 Å². The molecule has 7 heteroatoms. The Morgan fingerprint density at radius 3 is 2.85 bits per heavy atom. The fourth-order valence-electron chi connectivity index (χ4n) is 2.01. The molecule has 1 saturated carbocycles. The largest absolute Gasteiger partial charge is 0.409 e. The molecule has 0 atom stereocenters. The Balaban J connectivity index is 1.81. The summed E-state index contributed by atoms with van der Waals surface area (Å²) >= 11 is 1.74. The molecular weight excluding hydrogens is 274 g/mol. The Morgan fingerprint density at radius 1 is 1.45 bits per heavy atom. The number of thiophene rings is 1. The number of hydrogen-bond donors (Lipinski definition) is 2. The highest BCUT2D eigenvalue weighted by Gasteiger charge is 2.30. The van der Waals surface area contributed by atoms with Gasteiger partial charge in [0.05, 0.1) is 18.9 Å². The average Bonchev–Trinajstić information content (AvgIpc) is 3.21. The number of anilines is 1. The molecule has 2 aromatic heterocycles. The van der Waals surface area contributed by atoms with Crippen molar-refractivity contribution in [1.82, 2.24) is 9.97 Å². The zero-order valence-corrected chi connectivity index (χ0v) is 11.6. The molecule has 3 N–H and O–H groups in total. The number of nitrogens with zero attached hydrogens (tertiary/aromatic N) is 4. The molecule has 0 amide bonds. The smallest absolute Gasteiger partial charge is 0.190 e. The molecule has 6 nitrogen and oxygen atoms in total. The van der Waals surface area contributed by atoms with Gasteiger partial charge in [0.2, 0.25) is 0 Å². The molecule has 1 aliphatic carbocycles. The third kappa shape index (κ3) is 2.72. The Morgan fingerprint density at radius 2 is 2.30 bits per heavy atom. The van der Waals surface area contributed by atoms with E-state index in [0.717, 1.165) is 12.4 Å². The predicted octanol–water partition coefficient (Wildman–Crippen LogP) is 1.80. The van der Waals surface area contributed by atoms with Crippen LogP contribution in [0.25, 0.3) is 0 Å². The molecule has 0 spiro atoms. The second kappa shape index (κ2) is 5.46. The van der Waals surface area contributed by atoms with Crippen molar-refractivity contribution < 1.29 is 5.21 Å². The highest BCUT2D eigenvalue weighted by molar-refractivity contribution is 7.09. The fraction of sp³-hybridized carbons (Fsp3) is 0.308. The van der Waals surface area contributed by atoms with Crippen LogP contribution in [0.3, 0.4) is 0 Å². The molecule has 20 heavy (non-hydrogen) atoms. The normalized spacial score (nSPS) is 15.3. The molecule has 0 saturated heterocycles. The maximum absolute atomic E-state index is 8.62. The summed E-state index contributed by atoms with van der Waals surface area (Å²) in [6, 6.07) is 4.72. The number of amidine groups is 1. The van der Waals surface area contributed by atoms with E-state index in [4.69, 9.17) is 10.9 Å². The van der Waals surface area contributed by atoms with Crippen molar-refractivity contribution in [3.05, 3.63) is 40.5 Å². The maximum Gasteiger partial charge on any atom is 0.190 e. The molecule has 0 unspecified atom stereocenters. The monoisotopic (exact) mass is 289 g/mol. The Hall–Kier alpha value is -2.15. The number of nitrogens with two attached hydrogens (primary N) is 1. The molecule has 0 radical (unpaired) electrons. The summed E-state index contributed by atoms with van der Waals surface area (Å²) in [6.45, 7) is 0.847. The molecule has 2 aromatic rings. The molecule has 104 valence electrons. The van der Waals surface area contributed by atoms with Crippen molar-refractivity contribution in [3.8, 4) is 0 Å². The van der Waals surface area contributed by atoms with Gasteiger partial charge in [-0.3, -0.25) is 0 Å². The van der Waals surface area contributed by atoms with Gasteiger partial charge in [-0.05, 0) is 24.3 Å². The molecular formula is C13H15N5OS. The quantitative estimate of drug-likeness (QED) is 0.379. The van der Waals surface area contributed by atoms with Crippen LogP contribution in [0.4, 0.5) is 5.82 Å². The van der Waals surface area contributed by atoms with Gasteiger partial charge in [0.1, 0.15) is 11.5 Å². The van der Waals surface area contributed by atoms with E-state index < -0.39 is 0 Å². The van der Waals surface area contributed by atoms with Crippen molar-refractivity contribution >= 4 is 23.0 Å². The van der Waals surface area contributed by atoms with Crippen LogP contribution in [-0.4, -0.2) is 27.1 Å². The highest BCUT2D eigenvalue weighted by atomic mass is 32.1. The minimum Gasteiger partial charge on any atom is -0.409 e. The SMILES string of the molecule is NC(=NO)c1cnc(N(Cc2cccs2)C2CC2)cn1. The second-order valence-electron chi connectivity index (χ2n) is 4.68. The third-order valence-electron chi connectivity index (χ3n) is 3.20. The first kappa shape index (κ1) is 12.9. The van der Waals surface area contributed by atoms with E-state index >= 15 is 0 Å². The van der Waals surface area contributed by atoms with Crippen molar-refractivity contribution in [2.45, 2.75) is 25.4 Å². The van der Waals surface area contributed by atoms with Crippen LogP contribution in [-0.2, 0) is 6.54 Å². The molecule has 1 aliphatic rings. The first-order valence-electron chi connectivity index (χ1n) is 6.37. The van der Waals surface area contributed by atoms with Gasteiger partial charge < -0.3 is 15.8 Å². The lowest BCUT2D eigenvalue weighted by Gasteiger charge is -2.22. The van der Waals surface area contributed by atoms with Crippen LogP contribution in [0.1, 0.15) is 23.4 Å². The molecule has 0 aromatic carbocycles. The summed E-state index contributed by atoms with van der Waals surface area (Å²) in [5.41, 5.74) is 5.87. The lowest BCUT2D eigenvalue weighted by molar-refractivity contribution is 0.318. The van der Waals surface area contributed by atoms with Crippen LogP contribution < -0.4 is 10.6 Å². The van der Waals surface area contributed by atoms with Crippen LogP contribution in [0.5, 0.6) is 0 Å². The van der Waals surface area contributed by atoms with Gasteiger partial charge in [-0.1, -0.05) is 11.2 Å². The van der Waals surface area contributed by atoms with Crippen molar-refractivity contribution in [3.63, 3.8) is 0 Å². The van der Waals surface area contributed by atoms with Gasteiger partial charge in [-0.25, -0.2) is 9.97 Å². The fourth-order valence-corrected chi connectivity index (χ4v) is 2.71. The molecule has 3 rings (SSSR count). The van der Waals surface area contributed by atoms with E-state index in [-0.39, 0.29) is 5.84 Å². The van der Waals surface area contributed by atoms with E-state index in [1.807, 2.05) is 0 Å². The lowest BCUT2D eigenvalue weighted by atomic mass is 10.3. The van der Waals surface area contributed by atoms with E-state index in [2.05, 4.69) is 37.5 Å². The van der Waals surface area contributed by atoms with Gasteiger partial charge in [0.15, 0.2) is 5.84 Å². The van der Waals surface area contributed by atoms with E-state index in [1.54, 1.807) is 17.5 Å². The summed E-state index contributed by atoms with van der Waals surface area (Å²) in [5.74, 6) is 0.802. The van der Waals surface area contributed by atoms with E-state index in [0.29, 0.717) is 11.7 Å². The van der Waals surface area contributed by atoms with Gasteiger partial charge in [0.25, 0.3) is 0 Å². The minimum absolute atomic E-state index is 0.0275. The second-order valence-corrected chi connectivity index (χ2v) is 5.72. The number of oxime groups is 1. The van der Waals surface area contributed by atoms with Crippen molar-refractivity contribution in [2.24, 2.45) is 10.9 Å². The maximum atomic E-state index is 8.62. The highest BCUT2D eigenvalue weighted by Crippen LogP contribution is 2.32. The zero-order chi connectivity index (χ0) is 13.9. The van der Waals surface area contributed by atoms with Crippen molar-refractivity contribution in [2.75, 3.05) is 4.90 Å². The average molecular weight is 289 g/mol. The van der Waals surface area contributed by atoms with Crippen LogP contribution in [0.15, 0.2) is 35.1 Å². The molecule has 2 heterocycles. The van der Waals surface area contributed by atoms with Gasteiger partial charge in [-0.2, -0.15) is 0 Å². The van der Waals surface area contributed by atoms with Crippen molar-refractivity contribution in [1.29, 1.82) is 0 Å². The Bertz CT molecular complexity index is 592. The zero-order valence-electron chi connectivity index (χ0n) is 10.8. The summed E-state index contributed by atoms with van der Waals surface area (Å²) < 4.78 is 0. The van der Waals surface area contributed by atoms with Gasteiger partial charge >= 0.3 is 0 Å².